The molecule has 1 aromatic carbocycles. The average molecular weight is 694 g/mol. The highest BCUT2D eigenvalue weighted by Gasteiger charge is 2.58. The first-order valence-corrected chi connectivity index (χ1v) is 16.0. The number of benzene rings is 1. The number of aromatic nitrogens is 2. The molecule has 0 bridgehead atoms. The lowest BCUT2D eigenvalue weighted by molar-refractivity contribution is -0.659. The van der Waals surface area contributed by atoms with E-state index in [9.17, 15) is 27.9 Å². The number of aryl methyl sites for hydroxylation is 1. The second-order valence-electron chi connectivity index (χ2n) is 10.6. The standard InChI is InChI=1S/C27H32N8O10S2/c1-27(2)22(24(37)35(27)45-47(40,41)42)32-23(36)21(18-14-46-26(29)31-18)33-44-20(25(38)39)13-43-17-7-4-15(5-8-17)19-9-6-16(12-34(19)3)30-11-10-28/h4-9,12,14,20,22,30H,10-11,13,28H2,1-3H3,(H4-,29,31,32,36,38,39,40,41,42)/p+1/b33-21-/t20-,22+/m0/s1. The second-order valence-corrected chi connectivity index (χ2v) is 12.5. The molecule has 1 fully saturated rings. The van der Waals surface area contributed by atoms with E-state index in [2.05, 4.69) is 25.1 Å². The first kappa shape index (κ1) is 35.0. The number of amides is 2. The Morgan fingerprint density at radius 1 is 1.23 bits per heavy atom. The highest BCUT2D eigenvalue weighted by atomic mass is 32.3. The molecule has 2 aromatic heterocycles. The fraction of sp³-hybridized carbons (Fsp3) is 0.333. The van der Waals surface area contributed by atoms with Crippen LogP contribution in [0.5, 0.6) is 5.75 Å². The van der Waals surface area contributed by atoms with Gasteiger partial charge in [-0.25, -0.2) is 9.78 Å². The first-order valence-electron chi connectivity index (χ1n) is 13.8. The summed E-state index contributed by atoms with van der Waals surface area (Å²) in [5, 5.41) is 20.8. The minimum atomic E-state index is -5.02. The maximum Gasteiger partial charge on any atom is 0.418 e. The molecular weight excluding hydrogens is 660 g/mol. The summed E-state index contributed by atoms with van der Waals surface area (Å²) < 4.78 is 43.0. The van der Waals surface area contributed by atoms with Crippen LogP contribution in [0, 0.1) is 0 Å². The number of hydrogen-bond acceptors (Lipinski definition) is 14. The van der Waals surface area contributed by atoms with E-state index in [4.69, 9.17) is 25.6 Å². The number of ether oxygens (including phenoxy) is 1. The molecule has 18 nitrogen and oxygen atoms in total. The van der Waals surface area contributed by atoms with Gasteiger partial charge in [0.2, 0.25) is 5.69 Å². The highest BCUT2D eigenvalue weighted by Crippen LogP contribution is 2.33. The lowest BCUT2D eigenvalue weighted by atomic mass is 9.84. The van der Waals surface area contributed by atoms with Crippen molar-refractivity contribution in [3.05, 3.63) is 53.7 Å². The molecule has 0 saturated carbocycles. The fourth-order valence-electron chi connectivity index (χ4n) is 4.41. The number of carbonyl (C=O) groups excluding carboxylic acids is 2. The number of nitrogens with one attached hydrogen (secondary N) is 2. The number of nitrogens with two attached hydrogens (primary N) is 2. The zero-order chi connectivity index (χ0) is 34.5. The number of nitrogen functional groups attached to an aromatic ring is 1. The Balaban J connectivity index is 1.45. The zero-order valence-electron chi connectivity index (χ0n) is 25.3. The number of thiazole rings is 1. The summed E-state index contributed by atoms with van der Waals surface area (Å²) in [6, 6.07) is 9.45. The molecule has 1 aliphatic heterocycles. The SMILES string of the molecule is C[n+]1cc(NCCN)ccc1-c1ccc(OC[C@H](O/N=C(\C(=O)N[C@@H]2C(=O)N(OS(=O)(=O)O)C2(C)C)c2csc(N)n2)C(=O)O)cc1. The van der Waals surface area contributed by atoms with Crippen molar-refractivity contribution in [3.8, 4) is 17.0 Å². The van der Waals surface area contributed by atoms with Crippen molar-refractivity contribution < 1.29 is 50.9 Å². The molecule has 0 radical (unpaired) electrons. The Morgan fingerprint density at radius 2 is 1.94 bits per heavy atom. The number of β-lactam (4-membered cyclic amide) rings is 1. The number of anilines is 2. The predicted molar refractivity (Wildman–Crippen MR) is 167 cm³/mol. The topological polar surface area (TPSA) is 262 Å². The molecule has 4 rings (SSSR count). The predicted octanol–water partition coefficient (Wildman–Crippen LogP) is -0.320. The third-order valence-corrected chi connectivity index (χ3v) is 7.82. The van der Waals surface area contributed by atoms with Crippen LogP contribution in [0.4, 0.5) is 10.8 Å². The van der Waals surface area contributed by atoms with E-state index in [-0.39, 0.29) is 10.8 Å². The van der Waals surface area contributed by atoms with Gasteiger partial charge in [0, 0.05) is 30.1 Å². The lowest BCUT2D eigenvalue weighted by Crippen LogP contribution is -2.76. The van der Waals surface area contributed by atoms with Gasteiger partial charge in [-0.2, -0.15) is 18.0 Å². The number of rotatable bonds is 15. The Bertz CT molecular complexity index is 1780. The van der Waals surface area contributed by atoms with E-state index >= 15 is 0 Å². The minimum Gasteiger partial charge on any atom is -0.489 e. The van der Waals surface area contributed by atoms with Crippen molar-refractivity contribution in [1.29, 1.82) is 0 Å². The molecule has 0 unspecified atom stereocenters. The molecule has 0 spiro atoms. The third kappa shape index (κ3) is 8.48. The van der Waals surface area contributed by atoms with Crippen molar-refractivity contribution in [2.24, 2.45) is 17.9 Å². The molecule has 2 amide bonds. The van der Waals surface area contributed by atoms with Crippen molar-refractivity contribution in [2.45, 2.75) is 31.5 Å². The smallest absolute Gasteiger partial charge is 0.418 e. The van der Waals surface area contributed by atoms with Crippen LogP contribution < -0.4 is 31.4 Å². The summed E-state index contributed by atoms with van der Waals surface area (Å²) in [4.78, 5) is 46.9. The van der Waals surface area contributed by atoms with Crippen LogP contribution in [-0.2, 0) is 41.0 Å². The van der Waals surface area contributed by atoms with Gasteiger partial charge < -0.3 is 36.8 Å². The zero-order valence-corrected chi connectivity index (χ0v) is 26.9. The van der Waals surface area contributed by atoms with Crippen molar-refractivity contribution in [3.63, 3.8) is 0 Å². The summed E-state index contributed by atoms with van der Waals surface area (Å²) in [5.41, 5.74) is 11.9. The number of carboxylic acids is 1. The van der Waals surface area contributed by atoms with Gasteiger partial charge in [0.05, 0.1) is 11.2 Å². The summed E-state index contributed by atoms with van der Waals surface area (Å²) in [6.07, 6.45) is 0.247. The fourth-order valence-corrected chi connectivity index (χ4v) is 5.41. The van der Waals surface area contributed by atoms with Crippen LogP contribution in [0.25, 0.3) is 11.3 Å². The van der Waals surface area contributed by atoms with E-state index in [1.165, 1.54) is 19.2 Å². The molecule has 20 heteroatoms. The monoisotopic (exact) mass is 693 g/mol. The molecule has 47 heavy (non-hydrogen) atoms. The van der Waals surface area contributed by atoms with E-state index in [0.29, 0.717) is 23.9 Å². The molecule has 1 saturated heterocycles. The summed E-state index contributed by atoms with van der Waals surface area (Å²) in [6.45, 7) is 3.37. The van der Waals surface area contributed by atoms with Crippen LogP contribution in [0.2, 0.25) is 0 Å². The number of aliphatic carboxylic acids is 1. The molecule has 1 aliphatic rings. The van der Waals surface area contributed by atoms with Gasteiger partial charge >= 0.3 is 16.4 Å². The maximum atomic E-state index is 13.2. The molecular formula is C27H33N8O10S2+. The van der Waals surface area contributed by atoms with E-state index < -0.39 is 58.2 Å². The van der Waals surface area contributed by atoms with Crippen molar-refractivity contribution in [2.75, 3.05) is 30.7 Å². The molecule has 2 atom stereocenters. The largest absolute Gasteiger partial charge is 0.489 e. The number of nitrogens with zero attached hydrogens (tertiary/aromatic N) is 4. The van der Waals surface area contributed by atoms with Crippen molar-refractivity contribution >= 4 is 56.1 Å². The van der Waals surface area contributed by atoms with E-state index in [0.717, 1.165) is 28.3 Å². The van der Waals surface area contributed by atoms with Gasteiger partial charge in [-0.1, -0.05) is 5.16 Å². The molecule has 3 aromatic rings. The van der Waals surface area contributed by atoms with E-state index in [1.807, 2.05) is 29.9 Å². The number of pyridine rings is 1. The van der Waals surface area contributed by atoms with Gasteiger partial charge in [0.1, 0.15) is 31.1 Å². The summed E-state index contributed by atoms with van der Waals surface area (Å²) in [7, 11) is -3.12. The average Bonchev–Trinajstić information content (AvgIpc) is 3.44. The Morgan fingerprint density at radius 3 is 2.49 bits per heavy atom. The Hall–Kier alpha value is -4.89. The molecule has 252 valence electrons. The normalized spacial score (nSPS) is 16.6. The summed E-state index contributed by atoms with van der Waals surface area (Å²) >= 11 is 0.958. The number of carboxylic acid groups (broad SMARTS) is 1. The van der Waals surface area contributed by atoms with Crippen molar-refractivity contribution in [1.82, 2.24) is 15.4 Å². The minimum absolute atomic E-state index is 0.0580. The quantitative estimate of drug-likeness (QED) is 0.0392. The third-order valence-electron chi connectivity index (χ3n) is 6.81. The first-order chi connectivity index (χ1) is 22.1. The molecule has 3 heterocycles. The second kappa shape index (κ2) is 14.3. The van der Waals surface area contributed by atoms with Crippen LogP contribution in [-0.4, -0.2) is 89.0 Å². The van der Waals surface area contributed by atoms with Gasteiger partial charge in [-0.3, -0.25) is 14.1 Å². The van der Waals surface area contributed by atoms with Crippen LogP contribution in [0.3, 0.4) is 0 Å². The van der Waals surface area contributed by atoms with E-state index in [1.54, 1.807) is 24.3 Å². The number of hydroxylamine groups is 2. The number of hydrogen-bond donors (Lipinski definition) is 6. The Labute approximate surface area is 272 Å². The lowest BCUT2D eigenvalue weighted by Gasteiger charge is -2.50. The van der Waals surface area contributed by atoms with Gasteiger partial charge in [0.15, 0.2) is 17.0 Å². The maximum absolute atomic E-state index is 13.2. The van der Waals surface area contributed by atoms with Crippen LogP contribution >= 0.6 is 11.3 Å². The van der Waals surface area contributed by atoms with Crippen LogP contribution in [0.1, 0.15) is 19.5 Å². The Kier molecular flexibility index (Phi) is 10.6. The van der Waals surface area contributed by atoms with Gasteiger partial charge in [-0.15, -0.1) is 15.6 Å². The van der Waals surface area contributed by atoms with Crippen LogP contribution in [0.15, 0.2) is 53.1 Å². The van der Waals surface area contributed by atoms with Gasteiger partial charge in [-0.05, 0) is 44.2 Å². The molecule has 8 N–H and O–H groups in total. The number of carbonyl (C=O) groups is 3. The molecule has 0 aliphatic carbocycles. The highest BCUT2D eigenvalue weighted by molar-refractivity contribution is 7.80. The summed E-state index contributed by atoms with van der Waals surface area (Å²) in [5.74, 6) is -3.13. The van der Waals surface area contributed by atoms with Gasteiger partial charge in [0.25, 0.3) is 17.9 Å². The number of oxime groups is 1.